The van der Waals surface area contributed by atoms with Crippen molar-refractivity contribution in [3.05, 3.63) is 60.2 Å². The molecular formula is C17H9NO3. The van der Waals surface area contributed by atoms with E-state index < -0.39 is 11.9 Å². The first-order valence-electron chi connectivity index (χ1n) is 6.50. The second kappa shape index (κ2) is 4.24. The van der Waals surface area contributed by atoms with Crippen LogP contribution in [-0.4, -0.2) is 16.9 Å². The van der Waals surface area contributed by atoms with Gasteiger partial charge in [-0.05, 0) is 12.1 Å². The number of aromatic nitrogens is 1. The molecule has 100 valence electrons. The molecule has 0 aliphatic carbocycles. The molecule has 0 unspecified atom stereocenters. The fraction of sp³-hybridized carbons (Fsp3) is 0. The van der Waals surface area contributed by atoms with Crippen LogP contribution in [-0.2, 0) is 14.3 Å². The monoisotopic (exact) mass is 275 g/mol. The average molecular weight is 275 g/mol. The molecule has 0 spiro atoms. The highest BCUT2D eigenvalue weighted by molar-refractivity contribution is 6.32. The number of rotatable bonds is 1. The summed E-state index contributed by atoms with van der Waals surface area (Å²) < 4.78 is 4.64. The third-order valence-electron chi connectivity index (χ3n) is 3.53. The Morgan fingerprint density at radius 3 is 1.90 bits per heavy atom. The maximum absolute atomic E-state index is 11.9. The fourth-order valence-electron chi connectivity index (χ4n) is 2.66. The molecule has 0 radical (unpaired) electrons. The molecule has 21 heavy (non-hydrogen) atoms. The highest BCUT2D eigenvalue weighted by atomic mass is 16.6. The van der Waals surface area contributed by atoms with Crippen LogP contribution >= 0.6 is 0 Å². The molecule has 1 aromatic heterocycles. The van der Waals surface area contributed by atoms with Crippen LogP contribution in [0.2, 0.25) is 0 Å². The van der Waals surface area contributed by atoms with Gasteiger partial charge in [-0.3, -0.25) is 0 Å². The number of para-hydroxylation sites is 2. The number of hydrogen-bond acceptors (Lipinski definition) is 4. The summed E-state index contributed by atoms with van der Waals surface area (Å²) in [4.78, 5) is 27.9. The van der Waals surface area contributed by atoms with E-state index >= 15 is 0 Å². The zero-order valence-electron chi connectivity index (χ0n) is 10.9. The molecule has 0 atom stereocenters. The highest BCUT2D eigenvalue weighted by Crippen LogP contribution is 2.33. The Morgan fingerprint density at radius 2 is 1.38 bits per heavy atom. The molecule has 0 amide bonds. The largest absolute Gasteiger partial charge is 0.386 e. The van der Waals surface area contributed by atoms with E-state index in [9.17, 15) is 9.59 Å². The number of carbonyl (C=O) groups is 2. The lowest BCUT2D eigenvalue weighted by molar-refractivity contribution is -0.149. The minimum Gasteiger partial charge on any atom is -0.386 e. The van der Waals surface area contributed by atoms with Crippen LogP contribution in [0.4, 0.5) is 0 Å². The zero-order valence-corrected chi connectivity index (χ0v) is 10.9. The first kappa shape index (κ1) is 11.8. The van der Waals surface area contributed by atoms with Gasteiger partial charge in [0, 0.05) is 22.4 Å². The van der Waals surface area contributed by atoms with Crippen molar-refractivity contribution in [2.45, 2.75) is 0 Å². The molecule has 0 fully saturated rings. The number of hydrogen-bond donors (Lipinski definition) is 0. The summed E-state index contributed by atoms with van der Waals surface area (Å²) in [6, 6.07) is 15.1. The molecular weight excluding hydrogens is 266 g/mol. The third-order valence-corrected chi connectivity index (χ3v) is 3.53. The van der Waals surface area contributed by atoms with Crippen molar-refractivity contribution in [1.82, 2.24) is 4.98 Å². The Labute approximate surface area is 119 Å². The summed E-state index contributed by atoms with van der Waals surface area (Å²) in [5.74, 6) is -1.23. The van der Waals surface area contributed by atoms with Gasteiger partial charge in [-0.1, -0.05) is 36.4 Å². The molecule has 1 aliphatic heterocycles. The Morgan fingerprint density at radius 1 is 0.810 bits per heavy atom. The van der Waals surface area contributed by atoms with Crippen molar-refractivity contribution in [3.63, 3.8) is 0 Å². The molecule has 3 aromatic rings. The second-order valence-electron chi connectivity index (χ2n) is 4.79. The van der Waals surface area contributed by atoms with Gasteiger partial charge >= 0.3 is 11.9 Å². The van der Waals surface area contributed by atoms with Gasteiger partial charge in [0.2, 0.25) is 0 Å². The summed E-state index contributed by atoms with van der Waals surface area (Å²) >= 11 is 0. The van der Waals surface area contributed by atoms with Crippen molar-refractivity contribution in [1.29, 1.82) is 0 Å². The summed E-state index contributed by atoms with van der Waals surface area (Å²) in [6.45, 7) is 0. The van der Waals surface area contributed by atoms with Crippen molar-refractivity contribution in [2.75, 3.05) is 0 Å². The second-order valence-corrected chi connectivity index (χ2v) is 4.79. The smallest absolute Gasteiger partial charge is 0.346 e. The number of carbonyl (C=O) groups excluding carboxylic acids is 2. The van der Waals surface area contributed by atoms with Crippen LogP contribution in [0.3, 0.4) is 0 Å². The standard InChI is InChI=1S/C17H9NO3/c19-15-9-12(17(20)21-15)16-10-5-1-3-7-13(10)18-14-8-4-2-6-11(14)16/h1-9H. The van der Waals surface area contributed by atoms with Crippen LogP contribution in [0.5, 0.6) is 0 Å². The van der Waals surface area contributed by atoms with E-state index in [1.54, 1.807) is 0 Å². The zero-order chi connectivity index (χ0) is 14.4. The maximum atomic E-state index is 11.9. The summed E-state index contributed by atoms with van der Waals surface area (Å²) in [5, 5.41) is 1.66. The lowest BCUT2D eigenvalue weighted by atomic mass is 9.96. The molecule has 0 N–H and O–H groups in total. The van der Waals surface area contributed by atoms with Gasteiger partial charge in [0.05, 0.1) is 16.6 Å². The molecule has 4 heteroatoms. The van der Waals surface area contributed by atoms with Crippen LogP contribution in [0, 0.1) is 0 Å². The number of cyclic esters (lactones) is 2. The van der Waals surface area contributed by atoms with E-state index in [0.29, 0.717) is 5.56 Å². The van der Waals surface area contributed by atoms with Gasteiger partial charge in [-0.25, -0.2) is 14.6 Å². The van der Waals surface area contributed by atoms with E-state index in [1.165, 1.54) is 6.08 Å². The van der Waals surface area contributed by atoms with E-state index in [2.05, 4.69) is 9.72 Å². The first-order valence-corrected chi connectivity index (χ1v) is 6.50. The molecule has 4 nitrogen and oxygen atoms in total. The van der Waals surface area contributed by atoms with Crippen molar-refractivity contribution < 1.29 is 14.3 Å². The molecule has 0 saturated heterocycles. The molecule has 2 heterocycles. The quantitative estimate of drug-likeness (QED) is 0.389. The van der Waals surface area contributed by atoms with Crippen molar-refractivity contribution in [2.24, 2.45) is 0 Å². The van der Waals surface area contributed by atoms with Gasteiger partial charge in [0.1, 0.15) is 0 Å². The van der Waals surface area contributed by atoms with E-state index in [4.69, 9.17) is 0 Å². The number of pyridine rings is 1. The Kier molecular flexibility index (Phi) is 2.38. The number of nitrogens with zero attached hydrogens (tertiary/aromatic N) is 1. The number of fused-ring (bicyclic) bond motifs is 2. The first-order chi connectivity index (χ1) is 10.2. The van der Waals surface area contributed by atoms with Crippen LogP contribution in [0.1, 0.15) is 5.56 Å². The van der Waals surface area contributed by atoms with E-state index in [0.717, 1.165) is 21.8 Å². The summed E-state index contributed by atoms with van der Waals surface area (Å²) in [7, 11) is 0. The molecule has 0 saturated carbocycles. The molecule has 0 bridgehead atoms. The topological polar surface area (TPSA) is 56.3 Å². The maximum Gasteiger partial charge on any atom is 0.346 e. The SMILES string of the molecule is O=C1C=C(c2c3ccccc3nc3ccccc23)C(=O)O1. The Balaban J connectivity index is 2.20. The summed E-state index contributed by atoms with van der Waals surface area (Å²) in [6.07, 6.45) is 1.25. The number of ether oxygens (including phenoxy) is 1. The van der Waals surface area contributed by atoms with E-state index in [-0.39, 0.29) is 5.57 Å². The molecule has 2 aromatic carbocycles. The highest BCUT2D eigenvalue weighted by Gasteiger charge is 2.28. The van der Waals surface area contributed by atoms with Crippen molar-refractivity contribution >= 4 is 39.3 Å². The van der Waals surface area contributed by atoms with Crippen LogP contribution < -0.4 is 0 Å². The van der Waals surface area contributed by atoms with Crippen molar-refractivity contribution in [3.8, 4) is 0 Å². The molecule has 4 rings (SSSR count). The predicted molar refractivity (Wildman–Crippen MR) is 78.3 cm³/mol. The summed E-state index contributed by atoms with van der Waals surface area (Å²) in [5.41, 5.74) is 2.54. The van der Waals surface area contributed by atoms with Gasteiger partial charge in [0.25, 0.3) is 0 Å². The minimum atomic E-state index is -0.625. The van der Waals surface area contributed by atoms with Crippen LogP contribution in [0.15, 0.2) is 54.6 Å². The number of benzene rings is 2. The third kappa shape index (κ3) is 1.73. The Hall–Kier alpha value is -3.01. The van der Waals surface area contributed by atoms with E-state index in [1.807, 2.05) is 48.5 Å². The van der Waals surface area contributed by atoms with Gasteiger partial charge in [-0.15, -0.1) is 0 Å². The van der Waals surface area contributed by atoms with Gasteiger partial charge in [0.15, 0.2) is 0 Å². The number of esters is 2. The van der Waals surface area contributed by atoms with Gasteiger partial charge in [-0.2, -0.15) is 0 Å². The Bertz CT molecular complexity index is 903. The normalized spacial score (nSPS) is 14.6. The van der Waals surface area contributed by atoms with Crippen LogP contribution in [0.25, 0.3) is 27.4 Å². The average Bonchev–Trinajstić information content (AvgIpc) is 2.83. The minimum absolute atomic E-state index is 0.287. The lowest BCUT2D eigenvalue weighted by Crippen LogP contribution is -2.02. The van der Waals surface area contributed by atoms with Gasteiger partial charge < -0.3 is 4.74 Å². The fourth-order valence-corrected chi connectivity index (χ4v) is 2.66. The predicted octanol–water partition coefficient (Wildman–Crippen LogP) is 2.85. The lowest BCUT2D eigenvalue weighted by Gasteiger charge is -2.09. The molecule has 1 aliphatic rings.